The van der Waals surface area contributed by atoms with Gasteiger partial charge in [0.1, 0.15) is 0 Å². The van der Waals surface area contributed by atoms with Crippen molar-refractivity contribution < 1.29 is 9.59 Å². The number of nitrogens with one attached hydrogen (secondary N) is 3. The molecule has 3 N–H and O–H groups in total. The second-order valence-corrected chi connectivity index (χ2v) is 4.69. The van der Waals surface area contributed by atoms with Crippen molar-refractivity contribution in [1.29, 1.82) is 0 Å². The Bertz CT molecular complexity index is 341. The lowest BCUT2D eigenvalue weighted by molar-refractivity contribution is -0.124. The van der Waals surface area contributed by atoms with Gasteiger partial charge in [0.05, 0.1) is 6.54 Å². The maximum Gasteiger partial charge on any atom is 0.324 e. The fourth-order valence-corrected chi connectivity index (χ4v) is 1.95. The molecule has 0 atom stereocenters. The van der Waals surface area contributed by atoms with Crippen LogP contribution in [0.5, 0.6) is 0 Å². The largest absolute Gasteiger partial charge is 0.356 e. The van der Waals surface area contributed by atoms with E-state index in [-0.39, 0.29) is 18.5 Å². The first-order chi connectivity index (χ1) is 9.69. The number of unbranched alkanes of at least 4 members (excludes halogenated alkanes) is 3. The molecule has 0 unspecified atom stereocenters. The molecular formula is C13H25N5O2. The summed E-state index contributed by atoms with van der Waals surface area (Å²) < 4.78 is 0. The number of hydrogen-bond donors (Lipinski definition) is 3. The molecule has 0 spiro atoms. The summed E-state index contributed by atoms with van der Waals surface area (Å²) in [6.07, 6.45) is 4.79. The number of imide groups is 1. The number of guanidine groups is 1. The summed E-state index contributed by atoms with van der Waals surface area (Å²) in [6, 6.07) is -0.320. The molecule has 0 aromatic heterocycles. The van der Waals surface area contributed by atoms with E-state index in [2.05, 4.69) is 27.9 Å². The molecule has 20 heavy (non-hydrogen) atoms. The number of rotatable bonds is 8. The zero-order valence-corrected chi connectivity index (χ0v) is 12.4. The average molecular weight is 283 g/mol. The monoisotopic (exact) mass is 283 g/mol. The molecule has 1 saturated heterocycles. The topological polar surface area (TPSA) is 85.8 Å². The van der Waals surface area contributed by atoms with Crippen LogP contribution in [0.3, 0.4) is 0 Å². The van der Waals surface area contributed by atoms with Gasteiger partial charge in [-0.1, -0.05) is 26.2 Å². The Labute approximate surface area is 120 Å². The van der Waals surface area contributed by atoms with Crippen LogP contribution < -0.4 is 16.0 Å². The molecule has 0 aliphatic carbocycles. The van der Waals surface area contributed by atoms with Crippen molar-refractivity contribution in [2.45, 2.75) is 32.6 Å². The number of amides is 3. The Hall–Kier alpha value is -1.79. The SMILES string of the molecule is CCCCCCNC(=NC)NCCN1C(=O)CNC1=O. The maximum atomic E-state index is 11.4. The first-order valence-corrected chi connectivity index (χ1v) is 7.21. The summed E-state index contributed by atoms with van der Waals surface area (Å²) >= 11 is 0. The minimum Gasteiger partial charge on any atom is -0.356 e. The minimum atomic E-state index is -0.320. The number of hydrogen-bond acceptors (Lipinski definition) is 3. The molecule has 0 aromatic rings. The molecule has 7 heteroatoms. The summed E-state index contributed by atoms with van der Waals surface area (Å²) in [5, 5.41) is 8.79. The second kappa shape index (κ2) is 9.17. The molecule has 0 aromatic carbocycles. The van der Waals surface area contributed by atoms with E-state index in [0.29, 0.717) is 19.0 Å². The van der Waals surface area contributed by atoms with E-state index in [1.54, 1.807) is 7.05 Å². The number of urea groups is 1. The van der Waals surface area contributed by atoms with Crippen molar-refractivity contribution >= 4 is 17.9 Å². The number of nitrogens with zero attached hydrogens (tertiary/aromatic N) is 2. The molecule has 0 radical (unpaired) electrons. The van der Waals surface area contributed by atoms with Crippen LogP contribution in [0.4, 0.5) is 4.79 Å². The highest BCUT2D eigenvalue weighted by atomic mass is 16.2. The zero-order valence-electron chi connectivity index (χ0n) is 12.4. The Morgan fingerprint density at radius 1 is 1.25 bits per heavy atom. The van der Waals surface area contributed by atoms with Crippen LogP contribution in [0.15, 0.2) is 4.99 Å². The molecule has 1 heterocycles. The van der Waals surface area contributed by atoms with Crippen LogP contribution in [-0.4, -0.2) is 56.0 Å². The van der Waals surface area contributed by atoms with Crippen LogP contribution in [0.1, 0.15) is 32.6 Å². The molecule has 7 nitrogen and oxygen atoms in total. The lowest BCUT2D eigenvalue weighted by Gasteiger charge is -2.15. The number of aliphatic imine (C=N–C) groups is 1. The smallest absolute Gasteiger partial charge is 0.324 e. The van der Waals surface area contributed by atoms with Gasteiger partial charge in [-0.3, -0.25) is 14.7 Å². The van der Waals surface area contributed by atoms with Gasteiger partial charge in [-0.15, -0.1) is 0 Å². The van der Waals surface area contributed by atoms with Crippen molar-refractivity contribution in [1.82, 2.24) is 20.9 Å². The Morgan fingerprint density at radius 3 is 2.60 bits per heavy atom. The van der Waals surface area contributed by atoms with Gasteiger partial charge >= 0.3 is 6.03 Å². The minimum absolute atomic E-state index is 0.100. The average Bonchev–Trinajstić information content (AvgIpc) is 2.76. The van der Waals surface area contributed by atoms with Crippen LogP contribution in [0.25, 0.3) is 0 Å². The van der Waals surface area contributed by atoms with Gasteiger partial charge in [-0.25, -0.2) is 4.79 Å². The van der Waals surface area contributed by atoms with Crippen LogP contribution in [-0.2, 0) is 4.79 Å². The maximum absolute atomic E-state index is 11.4. The van der Waals surface area contributed by atoms with E-state index in [4.69, 9.17) is 0 Å². The van der Waals surface area contributed by atoms with Crippen LogP contribution in [0.2, 0.25) is 0 Å². The zero-order chi connectivity index (χ0) is 14.8. The highest BCUT2D eigenvalue weighted by Gasteiger charge is 2.27. The number of carbonyl (C=O) groups excluding carboxylic acids is 2. The Kier molecular flexibility index (Phi) is 7.46. The van der Waals surface area contributed by atoms with E-state index in [1.165, 1.54) is 24.2 Å². The summed E-state index contributed by atoms with van der Waals surface area (Å²) in [7, 11) is 1.70. The highest BCUT2D eigenvalue weighted by molar-refractivity contribution is 6.01. The summed E-state index contributed by atoms with van der Waals surface area (Å²) in [5.74, 6) is 0.521. The highest BCUT2D eigenvalue weighted by Crippen LogP contribution is 1.98. The van der Waals surface area contributed by atoms with E-state index in [9.17, 15) is 9.59 Å². The number of carbonyl (C=O) groups is 2. The van der Waals surface area contributed by atoms with Gasteiger partial charge in [0, 0.05) is 26.7 Å². The van der Waals surface area contributed by atoms with Crippen LogP contribution >= 0.6 is 0 Å². The van der Waals surface area contributed by atoms with Crippen molar-refractivity contribution in [3.8, 4) is 0 Å². The second-order valence-electron chi connectivity index (χ2n) is 4.69. The Morgan fingerprint density at radius 2 is 2.00 bits per heavy atom. The van der Waals surface area contributed by atoms with Crippen molar-refractivity contribution in [2.24, 2.45) is 4.99 Å². The van der Waals surface area contributed by atoms with Gasteiger partial charge in [0.2, 0.25) is 5.91 Å². The summed E-state index contributed by atoms with van der Waals surface area (Å²) in [4.78, 5) is 28.0. The van der Waals surface area contributed by atoms with Crippen molar-refractivity contribution in [2.75, 3.05) is 33.2 Å². The third kappa shape index (κ3) is 5.46. The predicted octanol–water partition coefficient (Wildman–Crippen LogP) is 0.284. The van der Waals surface area contributed by atoms with Gasteiger partial charge in [-0.05, 0) is 6.42 Å². The normalized spacial score (nSPS) is 15.5. The van der Waals surface area contributed by atoms with Crippen molar-refractivity contribution in [3.05, 3.63) is 0 Å². The fourth-order valence-electron chi connectivity index (χ4n) is 1.95. The third-order valence-electron chi connectivity index (χ3n) is 3.11. The van der Waals surface area contributed by atoms with E-state index in [1.807, 2.05) is 0 Å². The van der Waals surface area contributed by atoms with Gasteiger partial charge in [0.15, 0.2) is 5.96 Å². The van der Waals surface area contributed by atoms with Gasteiger partial charge < -0.3 is 16.0 Å². The van der Waals surface area contributed by atoms with E-state index in [0.717, 1.165) is 13.0 Å². The lowest BCUT2D eigenvalue weighted by atomic mass is 10.2. The predicted molar refractivity (Wildman–Crippen MR) is 78.6 cm³/mol. The summed E-state index contributed by atoms with van der Waals surface area (Å²) in [6.45, 7) is 4.00. The van der Waals surface area contributed by atoms with Gasteiger partial charge in [-0.2, -0.15) is 0 Å². The molecule has 0 bridgehead atoms. The molecule has 1 rings (SSSR count). The van der Waals surface area contributed by atoms with Crippen molar-refractivity contribution in [3.63, 3.8) is 0 Å². The summed E-state index contributed by atoms with van der Waals surface area (Å²) in [5.41, 5.74) is 0. The molecule has 3 amide bonds. The first-order valence-electron chi connectivity index (χ1n) is 7.21. The molecule has 1 aliphatic rings. The van der Waals surface area contributed by atoms with Crippen LogP contribution in [0, 0.1) is 0 Å². The molecular weight excluding hydrogens is 258 g/mol. The standard InChI is InChI=1S/C13H25N5O2/c1-3-4-5-6-7-15-12(14-2)16-8-9-18-11(19)10-17-13(18)20/h3-10H2,1-2H3,(H,17,20)(H2,14,15,16). The van der Waals surface area contributed by atoms with E-state index < -0.39 is 0 Å². The fraction of sp³-hybridized carbons (Fsp3) is 0.769. The molecule has 114 valence electrons. The Balaban J connectivity index is 2.15. The van der Waals surface area contributed by atoms with Gasteiger partial charge in [0.25, 0.3) is 0 Å². The molecule has 1 fully saturated rings. The van der Waals surface area contributed by atoms with E-state index >= 15 is 0 Å². The quantitative estimate of drug-likeness (QED) is 0.258. The third-order valence-corrected chi connectivity index (χ3v) is 3.11. The molecule has 1 aliphatic heterocycles. The first kappa shape index (κ1) is 16.3. The molecule has 0 saturated carbocycles. The lowest BCUT2D eigenvalue weighted by Crippen LogP contribution is -2.43.